The third-order valence-electron chi connectivity index (χ3n) is 3.78. The number of furan rings is 1. The number of hydrogen-bond donors (Lipinski definition) is 1. The molecule has 2 atom stereocenters. The van der Waals surface area contributed by atoms with Crippen molar-refractivity contribution in [2.24, 2.45) is 11.8 Å². The molecule has 1 N–H and O–H groups in total. The number of hydrogen-bond acceptors (Lipinski definition) is 4. The first-order valence-corrected chi connectivity index (χ1v) is 6.99. The van der Waals surface area contributed by atoms with Gasteiger partial charge in [-0.1, -0.05) is 27.7 Å². The van der Waals surface area contributed by atoms with Crippen molar-refractivity contribution in [2.75, 3.05) is 0 Å². The van der Waals surface area contributed by atoms with Crippen LogP contribution in [0.2, 0.25) is 0 Å². The molecule has 111 valence electrons. The Morgan fingerprint density at radius 2 is 1.90 bits per heavy atom. The normalized spacial score (nSPS) is 15.0. The highest BCUT2D eigenvalue weighted by Gasteiger charge is 2.27. The monoisotopic (exact) mass is 279 g/mol. The minimum Gasteiger partial charge on any atom is -0.460 e. The van der Waals surface area contributed by atoms with E-state index in [1.807, 2.05) is 6.07 Å². The van der Waals surface area contributed by atoms with Gasteiger partial charge in [-0.3, -0.25) is 0 Å². The quantitative estimate of drug-likeness (QED) is 0.641. The van der Waals surface area contributed by atoms with E-state index in [1.165, 1.54) is 0 Å². The van der Waals surface area contributed by atoms with Crippen LogP contribution in [0.3, 0.4) is 0 Å². The van der Waals surface area contributed by atoms with Gasteiger partial charge in [-0.2, -0.15) is 0 Å². The average Bonchev–Trinajstić information content (AvgIpc) is 2.86. The van der Waals surface area contributed by atoms with Crippen LogP contribution in [-0.2, 0) is 4.74 Å². The van der Waals surface area contributed by atoms with Crippen molar-refractivity contribution in [3.63, 3.8) is 0 Å². The summed E-state index contributed by atoms with van der Waals surface area (Å²) in [7, 11) is 0.845. The molecule has 20 heavy (non-hydrogen) atoms. The van der Waals surface area contributed by atoms with E-state index < -0.39 is 11.5 Å². The van der Waals surface area contributed by atoms with Gasteiger partial charge >= 0.3 is 13.5 Å². The van der Waals surface area contributed by atoms with Crippen LogP contribution in [0.15, 0.2) is 16.5 Å². The molecule has 0 aliphatic rings. The molecule has 5 heteroatoms. The second-order valence-corrected chi connectivity index (χ2v) is 6.22. The van der Waals surface area contributed by atoms with Crippen molar-refractivity contribution < 1.29 is 19.0 Å². The van der Waals surface area contributed by atoms with Gasteiger partial charge in [0.15, 0.2) is 0 Å². The highest BCUT2D eigenvalue weighted by Crippen LogP contribution is 2.30. The number of carbonyl (C=O) groups excluding carboxylic acids is 1. The highest BCUT2D eigenvalue weighted by atomic mass is 16.6. The zero-order chi connectivity index (χ0) is 15.5. The third kappa shape index (κ3) is 4.13. The van der Waals surface area contributed by atoms with Gasteiger partial charge in [0.2, 0.25) is 5.76 Å². The largest absolute Gasteiger partial charge is 0.460 e. The molecule has 1 radical (unpaired) electrons. The Morgan fingerprint density at radius 3 is 2.40 bits per heavy atom. The molecule has 1 rings (SSSR count). The summed E-state index contributed by atoms with van der Waals surface area (Å²) >= 11 is 0. The van der Waals surface area contributed by atoms with Gasteiger partial charge in [-0.25, -0.2) is 4.79 Å². The predicted molar refractivity (Wildman–Crippen MR) is 78.6 cm³/mol. The molecule has 0 aliphatic heterocycles. The van der Waals surface area contributed by atoms with E-state index in [0.717, 1.165) is 13.2 Å². The molecule has 0 amide bonds. The zero-order valence-corrected chi connectivity index (χ0v) is 13.1. The second kappa shape index (κ2) is 6.48. The number of carbonyl (C=O) groups is 1. The molecule has 1 aromatic rings. The van der Waals surface area contributed by atoms with Crippen LogP contribution in [-0.4, -0.2) is 24.0 Å². The molecule has 0 aliphatic carbocycles. The molecular formula is C15H24BO4. The van der Waals surface area contributed by atoms with E-state index in [4.69, 9.17) is 14.2 Å². The zero-order valence-electron chi connectivity index (χ0n) is 13.1. The summed E-state index contributed by atoms with van der Waals surface area (Å²) in [4.78, 5) is 11.9. The maximum atomic E-state index is 11.9. The van der Waals surface area contributed by atoms with Gasteiger partial charge in [-0.15, -0.1) is 0 Å². The van der Waals surface area contributed by atoms with E-state index in [9.17, 15) is 4.79 Å². The molecule has 1 aromatic heterocycles. The standard InChI is InChI=1S/C15H24BO4/c1-9(2)10(3)11(4)12-7-8-13(19-12)14(17)20-15(5,6)16-18/h7-11,18H,1-6H3. The lowest BCUT2D eigenvalue weighted by Crippen LogP contribution is -2.34. The number of esters is 1. The summed E-state index contributed by atoms with van der Waals surface area (Å²) in [6.07, 6.45) is 0. The molecule has 0 saturated carbocycles. The Bertz CT molecular complexity index is 450. The SMILES string of the molecule is CC(C)C(C)C(C)c1ccc(C(=O)OC(C)(C)[B]O)o1. The summed E-state index contributed by atoms with van der Waals surface area (Å²) in [6.45, 7) is 11.8. The third-order valence-corrected chi connectivity index (χ3v) is 3.78. The Kier molecular flexibility index (Phi) is 5.46. The van der Waals surface area contributed by atoms with Crippen molar-refractivity contribution in [3.8, 4) is 0 Å². The summed E-state index contributed by atoms with van der Waals surface area (Å²) < 4.78 is 10.7. The average molecular weight is 279 g/mol. The van der Waals surface area contributed by atoms with Crippen LogP contribution in [0.25, 0.3) is 0 Å². The first-order valence-electron chi connectivity index (χ1n) is 6.99. The first-order chi connectivity index (χ1) is 9.18. The minimum absolute atomic E-state index is 0.165. The summed E-state index contributed by atoms with van der Waals surface area (Å²) in [5.41, 5.74) is -1.03. The summed E-state index contributed by atoms with van der Waals surface area (Å²) in [5, 5.41) is 8.98. The lowest BCUT2D eigenvalue weighted by Gasteiger charge is -2.22. The molecule has 2 unspecified atom stereocenters. The maximum absolute atomic E-state index is 11.9. The van der Waals surface area contributed by atoms with Gasteiger partial charge in [0, 0.05) is 5.92 Å². The molecular weight excluding hydrogens is 255 g/mol. The Labute approximate surface area is 121 Å². The highest BCUT2D eigenvalue weighted by molar-refractivity contribution is 6.30. The van der Waals surface area contributed by atoms with Crippen LogP contribution >= 0.6 is 0 Å². The second-order valence-electron chi connectivity index (χ2n) is 6.22. The van der Waals surface area contributed by atoms with Crippen LogP contribution in [0.4, 0.5) is 0 Å². The summed E-state index contributed by atoms with van der Waals surface area (Å²) in [6, 6.07) is 3.43. The molecule has 0 bridgehead atoms. The lowest BCUT2D eigenvalue weighted by molar-refractivity contribution is 0.0199. The van der Waals surface area contributed by atoms with E-state index in [2.05, 4.69) is 27.7 Å². The molecule has 0 aromatic carbocycles. The van der Waals surface area contributed by atoms with Gasteiger partial charge in [-0.05, 0) is 37.8 Å². The Hall–Kier alpha value is -1.23. The van der Waals surface area contributed by atoms with Gasteiger partial charge in [0.1, 0.15) is 11.3 Å². The van der Waals surface area contributed by atoms with E-state index in [-0.39, 0.29) is 11.7 Å². The fourth-order valence-electron chi connectivity index (χ4n) is 1.86. The summed E-state index contributed by atoms with van der Waals surface area (Å²) in [5.74, 6) is 1.59. The lowest BCUT2D eigenvalue weighted by atomic mass is 9.78. The van der Waals surface area contributed by atoms with Crippen molar-refractivity contribution in [3.05, 3.63) is 23.7 Å². The number of ether oxygens (including phenoxy) is 1. The van der Waals surface area contributed by atoms with Crippen molar-refractivity contribution in [2.45, 2.75) is 53.0 Å². The fourth-order valence-corrected chi connectivity index (χ4v) is 1.86. The van der Waals surface area contributed by atoms with Crippen molar-refractivity contribution in [1.29, 1.82) is 0 Å². The van der Waals surface area contributed by atoms with Gasteiger partial charge < -0.3 is 14.2 Å². The Balaban J connectivity index is 2.79. The van der Waals surface area contributed by atoms with Gasteiger partial charge in [0.25, 0.3) is 0 Å². The van der Waals surface area contributed by atoms with Crippen LogP contribution in [0, 0.1) is 11.8 Å². The molecule has 0 saturated heterocycles. The number of rotatable bonds is 6. The molecule has 0 spiro atoms. The molecule has 1 heterocycles. The van der Waals surface area contributed by atoms with E-state index >= 15 is 0 Å². The predicted octanol–water partition coefficient (Wildman–Crippen LogP) is 3.18. The Morgan fingerprint density at radius 1 is 1.30 bits per heavy atom. The maximum Gasteiger partial charge on any atom is 0.374 e. The fraction of sp³-hybridized carbons (Fsp3) is 0.667. The van der Waals surface area contributed by atoms with Crippen molar-refractivity contribution in [1.82, 2.24) is 0 Å². The smallest absolute Gasteiger partial charge is 0.374 e. The molecule has 4 nitrogen and oxygen atoms in total. The van der Waals surface area contributed by atoms with E-state index in [1.54, 1.807) is 19.9 Å². The van der Waals surface area contributed by atoms with Crippen LogP contribution in [0.5, 0.6) is 0 Å². The van der Waals surface area contributed by atoms with Crippen LogP contribution in [0.1, 0.15) is 63.8 Å². The van der Waals surface area contributed by atoms with E-state index in [0.29, 0.717) is 11.8 Å². The van der Waals surface area contributed by atoms with Crippen LogP contribution < -0.4 is 0 Å². The van der Waals surface area contributed by atoms with Crippen molar-refractivity contribution >= 4 is 13.5 Å². The minimum atomic E-state index is -1.03. The topological polar surface area (TPSA) is 59.7 Å². The first kappa shape index (κ1) is 16.8. The van der Waals surface area contributed by atoms with Gasteiger partial charge in [0.05, 0.1) is 0 Å². The molecule has 0 fully saturated rings.